The van der Waals surface area contributed by atoms with Crippen LogP contribution in [0.1, 0.15) is 47.4 Å². The number of hydrogen-bond donors (Lipinski definition) is 0. The van der Waals surface area contributed by atoms with E-state index in [0.29, 0.717) is 50.0 Å². The molecule has 2 atom stereocenters. The average molecular weight is 416 g/mol. The molecule has 1 fully saturated rings. The second-order valence-corrected chi connectivity index (χ2v) is 7.47. The maximum atomic E-state index is 15.1. The number of hydrogen-bond acceptors (Lipinski definition) is 2. The Balaban J connectivity index is 1.72. The highest BCUT2D eigenvalue weighted by atomic mass is 19.3. The number of halogens is 3. The molecule has 160 valence electrons. The molecule has 2 unspecified atom stereocenters. The smallest absolute Gasteiger partial charge is 0.266 e. The minimum absolute atomic E-state index is 0.0493. The second-order valence-electron chi connectivity index (χ2n) is 7.47. The fourth-order valence-corrected chi connectivity index (χ4v) is 3.81. The molecule has 0 radical (unpaired) electrons. The van der Waals surface area contributed by atoms with Crippen molar-refractivity contribution in [2.75, 3.05) is 13.2 Å². The van der Waals surface area contributed by atoms with Gasteiger partial charge in [0.1, 0.15) is 18.2 Å². The summed E-state index contributed by atoms with van der Waals surface area (Å²) in [5.74, 6) is -0.284. The summed E-state index contributed by atoms with van der Waals surface area (Å²) < 4.78 is 53.6. The number of rotatable bonds is 9. The van der Waals surface area contributed by atoms with Gasteiger partial charge in [0.15, 0.2) is 0 Å². The predicted molar refractivity (Wildman–Crippen MR) is 113 cm³/mol. The first kappa shape index (κ1) is 22.2. The number of ether oxygens (including phenoxy) is 2. The van der Waals surface area contributed by atoms with Crippen molar-refractivity contribution < 1.29 is 22.6 Å². The quantitative estimate of drug-likeness (QED) is 0.431. The lowest BCUT2D eigenvalue weighted by Gasteiger charge is -2.28. The normalized spacial score (nSPS) is 18.9. The lowest BCUT2D eigenvalue weighted by Crippen LogP contribution is -2.24. The molecule has 0 aromatic heterocycles. The largest absolute Gasteiger partial charge is 0.490 e. The summed E-state index contributed by atoms with van der Waals surface area (Å²) in [7, 11) is 0. The summed E-state index contributed by atoms with van der Waals surface area (Å²) in [5, 5.41) is 0. The van der Waals surface area contributed by atoms with Gasteiger partial charge in [-0.1, -0.05) is 43.0 Å². The van der Waals surface area contributed by atoms with Crippen molar-refractivity contribution in [3.05, 3.63) is 89.8 Å². The molecule has 0 spiro atoms. The Kier molecular flexibility index (Phi) is 7.75. The predicted octanol–water partition coefficient (Wildman–Crippen LogP) is 6.56. The van der Waals surface area contributed by atoms with E-state index < -0.39 is 17.8 Å². The van der Waals surface area contributed by atoms with E-state index in [0.717, 1.165) is 11.3 Å². The number of aryl methyl sites for hydroxylation is 2. The summed E-state index contributed by atoms with van der Waals surface area (Å²) >= 11 is 0. The highest BCUT2D eigenvalue weighted by Crippen LogP contribution is 2.36. The van der Waals surface area contributed by atoms with Crippen LogP contribution in [0, 0.1) is 5.82 Å². The summed E-state index contributed by atoms with van der Waals surface area (Å²) in [4.78, 5) is 0. The van der Waals surface area contributed by atoms with E-state index >= 15 is 4.39 Å². The van der Waals surface area contributed by atoms with Gasteiger partial charge in [0, 0.05) is 5.92 Å². The Morgan fingerprint density at radius 1 is 1.07 bits per heavy atom. The highest BCUT2D eigenvalue weighted by Gasteiger charge is 2.28. The molecule has 5 heteroatoms. The van der Waals surface area contributed by atoms with Crippen LogP contribution in [0.5, 0.6) is 5.75 Å². The minimum atomic E-state index is -2.86. The fourth-order valence-electron chi connectivity index (χ4n) is 3.81. The summed E-state index contributed by atoms with van der Waals surface area (Å²) in [6.45, 7) is 8.04. The topological polar surface area (TPSA) is 18.5 Å². The van der Waals surface area contributed by atoms with Crippen molar-refractivity contribution in [2.45, 2.75) is 44.1 Å². The van der Waals surface area contributed by atoms with E-state index in [1.807, 2.05) is 24.3 Å². The molecule has 2 aromatic rings. The van der Waals surface area contributed by atoms with E-state index in [-0.39, 0.29) is 12.0 Å². The van der Waals surface area contributed by atoms with Gasteiger partial charge >= 0.3 is 0 Å². The van der Waals surface area contributed by atoms with Crippen LogP contribution >= 0.6 is 0 Å². The van der Waals surface area contributed by atoms with Crippen LogP contribution < -0.4 is 4.74 Å². The Labute approximate surface area is 176 Å². The Morgan fingerprint density at radius 3 is 2.43 bits per heavy atom. The molecule has 0 saturated carbocycles. The third kappa shape index (κ3) is 5.33. The third-order valence-electron chi connectivity index (χ3n) is 5.51. The van der Waals surface area contributed by atoms with Gasteiger partial charge in [-0.3, -0.25) is 0 Å². The minimum Gasteiger partial charge on any atom is -0.490 e. The van der Waals surface area contributed by atoms with Crippen LogP contribution in [0.25, 0.3) is 0 Å². The number of alkyl halides is 2. The lowest BCUT2D eigenvalue weighted by atomic mass is 9.87. The molecule has 30 heavy (non-hydrogen) atoms. The average Bonchev–Trinajstić information content (AvgIpc) is 2.77. The van der Waals surface area contributed by atoms with E-state index in [1.165, 1.54) is 0 Å². The van der Waals surface area contributed by atoms with Gasteiger partial charge in [0.2, 0.25) is 0 Å². The lowest BCUT2D eigenvalue weighted by molar-refractivity contribution is 0.0319. The van der Waals surface area contributed by atoms with Gasteiger partial charge in [-0.2, -0.15) is 0 Å². The van der Waals surface area contributed by atoms with Gasteiger partial charge in [0.25, 0.3) is 6.43 Å². The molecule has 1 saturated heterocycles. The van der Waals surface area contributed by atoms with E-state index in [4.69, 9.17) is 9.47 Å². The standard InChI is InChI=1S/C25H27F3O2/c1-3-15-29-21-11-6-17(7-12-21)5-8-18-10-14-22(24(26)23(18)25(27)28)19-9-13-20(4-2)30-16-19/h3-4,6-7,10-12,14,19-20,25H,1-2,5,8-9,13,15-16H2. The fraction of sp³-hybridized carbons (Fsp3) is 0.360. The number of benzene rings is 2. The van der Waals surface area contributed by atoms with Crippen LogP contribution in [-0.2, 0) is 17.6 Å². The second kappa shape index (κ2) is 10.5. The van der Waals surface area contributed by atoms with E-state index in [9.17, 15) is 8.78 Å². The monoisotopic (exact) mass is 416 g/mol. The summed E-state index contributed by atoms with van der Waals surface area (Å²) in [5.41, 5.74) is 1.16. The zero-order chi connectivity index (χ0) is 21.5. The van der Waals surface area contributed by atoms with Crippen LogP contribution in [0.2, 0.25) is 0 Å². The van der Waals surface area contributed by atoms with Crippen LogP contribution in [0.4, 0.5) is 13.2 Å². The van der Waals surface area contributed by atoms with Crippen molar-refractivity contribution >= 4 is 0 Å². The molecule has 0 aliphatic carbocycles. The Bertz CT molecular complexity index is 853. The van der Waals surface area contributed by atoms with Gasteiger partial charge < -0.3 is 9.47 Å². The van der Waals surface area contributed by atoms with Gasteiger partial charge in [-0.25, -0.2) is 13.2 Å². The van der Waals surface area contributed by atoms with E-state index in [2.05, 4.69) is 13.2 Å². The van der Waals surface area contributed by atoms with Crippen molar-refractivity contribution in [1.29, 1.82) is 0 Å². The molecule has 0 amide bonds. The zero-order valence-electron chi connectivity index (χ0n) is 17.0. The third-order valence-corrected chi connectivity index (χ3v) is 5.51. The van der Waals surface area contributed by atoms with E-state index in [1.54, 1.807) is 24.3 Å². The molecule has 1 aliphatic heterocycles. The van der Waals surface area contributed by atoms with Gasteiger partial charge in [-0.15, -0.1) is 6.58 Å². The first-order valence-electron chi connectivity index (χ1n) is 10.2. The Morgan fingerprint density at radius 2 is 1.83 bits per heavy atom. The van der Waals surface area contributed by atoms with Crippen LogP contribution in [0.3, 0.4) is 0 Å². The molecule has 2 aromatic carbocycles. The maximum absolute atomic E-state index is 15.1. The summed E-state index contributed by atoms with van der Waals surface area (Å²) in [6.07, 6.45) is 2.75. The highest BCUT2D eigenvalue weighted by molar-refractivity contribution is 5.38. The van der Waals surface area contributed by atoms with Gasteiger partial charge in [0.05, 0.1) is 18.3 Å². The molecule has 1 heterocycles. The van der Waals surface area contributed by atoms with Crippen LogP contribution in [0.15, 0.2) is 61.7 Å². The van der Waals surface area contributed by atoms with Crippen molar-refractivity contribution in [2.24, 2.45) is 0 Å². The first-order valence-corrected chi connectivity index (χ1v) is 10.2. The SMILES string of the molecule is C=CCOc1ccc(CCc2ccc(C3CCC(C=C)OC3)c(F)c2C(F)F)cc1. The van der Waals surface area contributed by atoms with Crippen molar-refractivity contribution in [3.63, 3.8) is 0 Å². The molecule has 0 N–H and O–H groups in total. The molecular weight excluding hydrogens is 389 g/mol. The molecule has 2 nitrogen and oxygen atoms in total. The van der Waals surface area contributed by atoms with Crippen LogP contribution in [-0.4, -0.2) is 19.3 Å². The van der Waals surface area contributed by atoms with Gasteiger partial charge in [-0.05, 0) is 54.5 Å². The van der Waals surface area contributed by atoms with Crippen molar-refractivity contribution in [3.8, 4) is 5.75 Å². The Hall–Kier alpha value is -2.53. The maximum Gasteiger partial charge on any atom is 0.266 e. The zero-order valence-corrected chi connectivity index (χ0v) is 17.0. The molecular formula is C25H27F3O2. The molecule has 0 bridgehead atoms. The van der Waals surface area contributed by atoms with Crippen molar-refractivity contribution in [1.82, 2.24) is 0 Å². The molecule has 1 aliphatic rings. The molecule has 3 rings (SSSR count). The first-order chi connectivity index (χ1) is 14.5. The summed E-state index contributed by atoms with van der Waals surface area (Å²) in [6, 6.07) is 10.7.